The number of nitrogens with zero attached hydrogens (tertiary/aromatic N) is 2. The molecule has 2 heterocycles. The van der Waals surface area contributed by atoms with Crippen molar-refractivity contribution in [3.63, 3.8) is 0 Å². The lowest BCUT2D eigenvalue weighted by atomic mass is 10.2. The number of aryl methyl sites for hydroxylation is 2. The van der Waals surface area contributed by atoms with Crippen LogP contribution in [0.3, 0.4) is 0 Å². The number of hydrogen-bond donors (Lipinski definition) is 1. The molecule has 0 aromatic carbocycles. The molecule has 2 rings (SSSR count). The second-order valence-corrected chi connectivity index (χ2v) is 6.96. The van der Waals surface area contributed by atoms with Gasteiger partial charge in [0.15, 0.2) is 0 Å². The molecule has 0 fully saturated rings. The molecule has 0 aliphatic rings. The average molecular weight is 380 g/mol. The third-order valence-electron chi connectivity index (χ3n) is 2.54. The summed E-state index contributed by atoms with van der Waals surface area (Å²) in [6.45, 7) is 4.76. The van der Waals surface area contributed by atoms with Crippen molar-refractivity contribution in [1.82, 2.24) is 9.78 Å². The average Bonchev–Trinajstić information content (AvgIpc) is 2.82. The smallest absolute Gasteiger partial charge is 0.131 e. The quantitative estimate of drug-likeness (QED) is 0.878. The maximum atomic E-state index is 10.4. The van der Waals surface area contributed by atoms with Crippen LogP contribution in [-0.4, -0.2) is 14.9 Å². The van der Waals surface area contributed by atoms with Gasteiger partial charge in [-0.3, -0.25) is 4.68 Å². The van der Waals surface area contributed by atoms with Crippen molar-refractivity contribution in [2.75, 3.05) is 0 Å². The van der Waals surface area contributed by atoms with Gasteiger partial charge in [-0.25, -0.2) is 0 Å². The molecule has 0 spiro atoms. The van der Waals surface area contributed by atoms with Crippen LogP contribution in [0.2, 0.25) is 0 Å². The summed E-state index contributed by atoms with van der Waals surface area (Å²) in [5.41, 5.74) is 1.95. The lowest BCUT2D eigenvalue weighted by Gasteiger charge is -2.11. The number of hydrogen-bond acceptors (Lipinski definition) is 3. The number of thiophene rings is 1. The second kappa shape index (κ2) is 5.22. The Bertz CT molecular complexity index is 516. The van der Waals surface area contributed by atoms with Crippen LogP contribution < -0.4 is 0 Å². The molecule has 92 valence electrons. The highest BCUT2D eigenvalue weighted by Crippen LogP contribution is 2.36. The van der Waals surface area contributed by atoms with Crippen LogP contribution in [0.15, 0.2) is 20.5 Å². The minimum Gasteiger partial charge on any atom is -0.381 e. The van der Waals surface area contributed by atoms with E-state index in [1.807, 2.05) is 19.9 Å². The number of aliphatic hydroxyl groups excluding tert-OH is 1. The van der Waals surface area contributed by atoms with E-state index >= 15 is 0 Å². The van der Waals surface area contributed by atoms with Gasteiger partial charge in [-0.15, -0.1) is 11.3 Å². The highest BCUT2D eigenvalue weighted by molar-refractivity contribution is 9.11. The van der Waals surface area contributed by atoms with E-state index in [0.717, 1.165) is 30.9 Å². The zero-order valence-electron chi connectivity index (χ0n) is 9.44. The van der Waals surface area contributed by atoms with Gasteiger partial charge in [-0.1, -0.05) is 0 Å². The Labute approximate surface area is 121 Å². The first-order valence-corrected chi connectivity index (χ1v) is 7.60. The second-order valence-electron chi connectivity index (χ2n) is 3.70. The molecule has 0 aliphatic heterocycles. The van der Waals surface area contributed by atoms with Crippen molar-refractivity contribution in [1.29, 1.82) is 0 Å². The summed E-state index contributed by atoms with van der Waals surface area (Å²) in [5.74, 6) is 0. The highest BCUT2D eigenvalue weighted by atomic mass is 79.9. The zero-order valence-corrected chi connectivity index (χ0v) is 13.4. The molecule has 0 saturated carbocycles. The Morgan fingerprint density at radius 1 is 1.53 bits per heavy atom. The van der Waals surface area contributed by atoms with Crippen molar-refractivity contribution in [2.45, 2.75) is 26.5 Å². The van der Waals surface area contributed by atoms with Gasteiger partial charge in [-0.05, 0) is 57.3 Å². The van der Waals surface area contributed by atoms with Gasteiger partial charge in [0.25, 0.3) is 0 Å². The third-order valence-corrected chi connectivity index (χ3v) is 5.34. The van der Waals surface area contributed by atoms with E-state index in [9.17, 15) is 5.11 Å². The van der Waals surface area contributed by atoms with Crippen LogP contribution in [0, 0.1) is 6.92 Å². The van der Waals surface area contributed by atoms with Crippen LogP contribution in [-0.2, 0) is 6.54 Å². The molecule has 0 radical (unpaired) electrons. The van der Waals surface area contributed by atoms with Crippen LogP contribution in [0.1, 0.15) is 29.2 Å². The molecule has 17 heavy (non-hydrogen) atoms. The molecule has 0 aliphatic carbocycles. The van der Waals surface area contributed by atoms with Crippen LogP contribution in [0.25, 0.3) is 0 Å². The first-order chi connectivity index (χ1) is 8.04. The predicted octanol–water partition coefficient (Wildman–Crippen LogP) is 3.88. The van der Waals surface area contributed by atoms with E-state index < -0.39 is 6.10 Å². The summed E-state index contributed by atoms with van der Waals surface area (Å²) >= 11 is 8.46. The summed E-state index contributed by atoms with van der Waals surface area (Å²) < 4.78 is 3.71. The number of aromatic nitrogens is 2. The first-order valence-electron chi connectivity index (χ1n) is 5.19. The van der Waals surface area contributed by atoms with Gasteiger partial charge in [0.1, 0.15) is 6.10 Å². The lowest BCUT2D eigenvalue weighted by molar-refractivity contribution is 0.211. The molecule has 0 saturated heterocycles. The minimum atomic E-state index is -0.637. The molecule has 2 aromatic rings. The van der Waals surface area contributed by atoms with Gasteiger partial charge in [0.2, 0.25) is 0 Å². The van der Waals surface area contributed by atoms with Gasteiger partial charge >= 0.3 is 0 Å². The third kappa shape index (κ3) is 2.50. The molecule has 1 N–H and O–H groups in total. The Balaban J connectivity index is 2.42. The molecule has 1 unspecified atom stereocenters. The zero-order chi connectivity index (χ0) is 12.6. The summed E-state index contributed by atoms with van der Waals surface area (Å²) in [6, 6.07) is 2.00. The molecule has 6 heteroatoms. The molecule has 3 nitrogen and oxygen atoms in total. The van der Waals surface area contributed by atoms with E-state index in [1.165, 1.54) is 0 Å². The number of rotatable bonds is 3. The Morgan fingerprint density at radius 3 is 2.76 bits per heavy atom. The Morgan fingerprint density at radius 2 is 2.24 bits per heavy atom. The van der Waals surface area contributed by atoms with Gasteiger partial charge in [-0.2, -0.15) is 5.10 Å². The molecule has 0 bridgehead atoms. The Hall–Kier alpha value is -0.170. The van der Waals surface area contributed by atoms with Crippen molar-refractivity contribution in [3.05, 3.63) is 36.7 Å². The van der Waals surface area contributed by atoms with Crippen LogP contribution >= 0.6 is 43.2 Å². The molecule has 2 aromatic heterocycles. The van der Waals surface area contributed by atoms with Gasteiger partial charge in [0.05, 0.1) is 20.1 Å². The maximum absolute atomic E-state index is 10.4. The van der Waals surface area contributed by atoms with Crippen molar-refractivity contribution >= 4 is 43.2 Å². The van der Waals surface area contributed by atoms with Crippen molar-refractivity contribution in [3.8, 4) is 0 Å². The van der Waals surface area contributed by atoms with E-state index in [4.69, 9.17) is 0 Å². The van der Waals surface area contributed by atoms with Crippen LogP contribution in [0.4, 0.5) is 0 Å². The lowest BCUT2D eigenvalue weighted by Crippen LogP contribution is -2.08. The summed E-state index contributed by atoms with van der Waals surface area (Å²) in [4.78, 5) is 0.922. The van der Waals surface area contributed by atoms with E-state index in [2.05, 4.69) is 37.0 Å². The normalized spacial score (nSPS) is 13.0. The summed E-state index contributed by atoms with van der Waals surface area (Å²) in [5, 5.41) is 14.6. The van der Waals surface area contributed by atoms with E-state index in [1.54, 1.807) is 22.2 Å². The van der Waals surface area contributed by atoms with Crippen molar-refractivity contribution < 1.29 is 5.11 Å². The fourth-order valence-electron chi connectivity index (χ4n) is 1.65. The highest BCUT2D eigenvalue weighted by Gasteiger charge is 2.21. The Kier molecular flexibility index (Phi) is 4.07. The fraction of sp³-hybridized carbons (Fsp3) is 0.364. The van der Waals surface area contributed by atoms with Gasteiger partial charge < -0.3 is 5.11 Å². The monoisotopic (exact) mass is 378 g/mol. The first kappa shape index (κ1) is 13.3. The molecular formula is C11H12Br2N2OS. The summed E-state index contributed by atoms with van der Waals surface area (Å²) in [6.07, 6.45) is 1.08. The predicted molar refractivity (Wildman–Crippen MR) is 76.4 cm³/mol. The van der Waals surface area contributed by atoms with E-state index in [-0.39, 0.29) is 0 Å². The standard InChI is InChI=1S/C11H12Br2N2OS/c1-3-15-9(7(12)5-14-15)10(16)8-4-6(2)11(13)17-8/h4-5,10,16H,3H2,1-2H3. The molecule has 1 atom stereocenters. The molecule has 0 amide bonds. The number of aliphatic hydroxyl groups is 1. The topological polar surface area (TPSA) is 38.0 Å². The number of halogens is 2. The van der Waals surface area contributed by atoms with Crippen LogP contribution in [0.5, 0.6) is 0 Å². The summed E-state index contributed by atoms with van der Waals surface area (Å²) in [7, 11) is 0. The minimum absolute atomic E-state index is 0.637. The maximum Gasteiger partial charge on any atom is 0.131 e. The van der Waals surface area contributed by atoms with Crippen molar-refractivity contribution in [2.24, 2.45) is 0 Å². The largest absolute Gasteiger partial charge is 0.381 e. The molecular weight excluding hydrogens is 368 g/mol. The fourth-order valence-corrected chi connectivity index (χ4v) is 3.72. The SMILES string of the molecule is CCn1ncc(Br)c1C(O)c1cc(C)c(Br)s1. The van der Waals surface area contributed by atoms with Gasteiger partial charge in [0, 0.05) is 11.4 Å². The van der Waals surface area contributed by atoms with E-state index in [0.29, 0.717) is 0 Å².